The van der Waals surface area contributed by atoms with E-state index in [1.54, 1.807) is 12.3 Å². The number of carbonyl (C=O) groups excluding carboxylic acids is 1. The number of aromatic nitrogens is 5. The molecule has 130 valence electrons. The molecule has 0 spiro atoms. The van der Waals surface area contributed by atoms with E-state index in [0.717, 1.165) is 31.0 Å². The van der Waals surface area contributed by atoms with E-state index < -0.39 is 0 Å². The van der Waals surface area contributed by atoms with Gasteiger partial charge in [0.05, 0.1) is 11.8 Å². The Morgan fingerprint density at radius 1 is 1.40 bits per heavy atom. The number of nitrogens with zero attached hydrogens (tertiary/aromatic N) is 6. The lowest BCUT2D eigenvalue weighted by Crippen LogP contribution is -2.39. The van der Waals surface area contributed by atoms with E-state index in [1.807, 2.05) is 33.5 Å². The third-order valence-corrected chi connectivity index (χ3v) is 4.70. The van der Waals surface area contributed by atoms with Crippen LogP contribution < -0.4 is 0 Å². The van der Waals surface area contributed by atoms with Gasteiger partial charge in [0.1, 0.15) is 18.6 Å². The average Bonchev–Trinajstić information content (AvgIpc) is 3.38. The quantitative estimate of drug-likeness (QED) is 0.721. The van der Waals surface area contributed by atoms with Crippen molar-refractivity contribution in [2.45, 2.75) is 25.3 Å². The first kappa shape index (κ1) is 15.6. The van der Waals surface area contributed by atoms with Crippen molar-refractivity contribution in [3.63, 3.8) is 0 Å². The topological polar surface area (TPSA) is 82.0 Å². The van der Waals surface area contributed by atoms with Crippen molar-refractivity contribution >= 4 is 5.91 Å². The number of hydrogen-bond donors (Lipinski definition) is 0. The highest BCUT2D eigenvalue weighted by atomic mass is 16.3. The second kappa shape index (κ2) is 6.54. The largest absolute Gasteiger partial charge is 0.472 e. The number of carbonyl (C=O) groups is 1. The molecular weight excluding hydrogens is 320 g/mol. The Balaban J connectivity index is 1.50. The predicted octanol–water partition coefficient (Wildman–Crippen LogP) is 1.67. The molecule has 0 saturated carbocycles. The molecule has 0 unspecified atom stereocenters. The summed E-state index contributed by atoms with van der Waals surface area (Å²) in [5, 5.41) is 12.9. The molecule has 1 amide bonds. The first-order valence-corrected chi connectivity index (χ1v) is 8.39. The molecule has 1 atom stereocenters. The summed E-state index contributed by atoms with van der Waals surface area (Å²) in [5.74, 6) is 1.98. The van der Waals surface area contributed by atoms with Gasteiger partial charge in [-0.1, -0.05) is 0 Å². The van der Waals surface area contributed by atoms with Gasteiger partial charge in [-0.15, -0.1) is 10.2 Å². The second-order valence-corrected chi connectivity index (χ2v) is 6.34. The lowest BCUT2D eigenvalue weighted by molar-refractivity contribution is 0.0702. The molecule has 3 aromatic heterocycles. The Hall–Kier alpha value is -2.90. The van der Waals surface area contributed by atoms with Crippen molar-refractivity contribution in [2.24, 2.45) is 7.05 Å². The Bertz CT molecular complexity index is 837. The van der Waals surface area contributed by atoms with Crippen molar-refractivity contribution in [1.29, 1.82) is 0 Å². The molecular formula is C17H20N6O2. The van der Waals surface area contributed by atoms with Gasteiger partial charge in [0.15, 0.2) is 5.82 Å². The molecule has 25 heavy (non-hydrogen) atoms. The van der Waals surface area contributed by atoms with E-state index in [-0.39, 0.29) is 11.8 Å². The van der Waals surface area contributed by atoms with Crippen LogP contribution in [-0.2, 0) is 13.6 Å². The predicted molar refractivity (Wildman–Crippen MR) is 88.9 cm³/mol. The van der Waals surface area contributed by atoms with Gasteiger partial charge in [-0.2, -0.15) is 5.10 Å². The molecule has 4 rings (SSSR count). The zero-order chi connectivity index (χ0) is 17.2. The average molecular weight is 340 g/mol. The fourth-order valence-corrected chi connectivity index (χ4v) is 3.35. The number of rotatable bonds is 4. The number of likely N-dealkylation sites (tertiary alicyclic amines) is 1. The van der Waals surface area contributed by atoms with Gasteiger partial charge in [0.25, 0.3) is 5.91 Å². The summed E-state index contributed by atoms with van der Waals surface area (Å²) in [6.07, 6.45) is 8.63. The van der Waals surface area contributed by atoms with E-state index in [0.29, 0.717) is 18.7 Å². The molecule has 3 aromatic rings. The standard InChI is InChI=1S/C17H20N6O2/c1-21-15(11-23-8-3-6-18-23)19-20-16(21)13-4-2-7-22(10-13)17(24)14-5-9-25-12-14/h3,5-6,8-9,12-13H,2,4,7,10-11H2,1H3/t13-/m0/s1. The summed E-state index contributed by atoms with van der Waals surface area (Å²) < 4.78 is 8.88. The summed E-state index contributed by atoms with van der Waals surface area (Å²) in [7, 11) is 1.98. The van der Waals surface area contributed by atoms with Crippen LogP contribution in [-0.4, -0.2) is 48.4 Å². The molecule has 0 radical (unpaired) electrons. The lowest BCUT2D eigenvalue weighted by atomic mass is 9.96. The normalized spacial score (nSPS) is 17.8. The molecule has 0 aliphatic carbocycles. The first-order valence-electron chi connectivity index (χ1n) is 8.39. The van der Waals surface area contributed by atoms with Gasteiger partial charge in [0.2, 0.25) is 0 Å². The van der Waals surface area contributed by atoms with Crippen LogP contribution in [0.5, 0.6) is 0 Å². The van der Waals surface area contributed by atoms with Crippen molar-refractivity contribution in [1.82, 2.24) is 29.4 Å². The van der Waals surface area contributed by atoms with Crippen molar-refractivity contribution < 1.29 is 9.21 Å². The Kier molecular flexibility index (Phi) is 4.09. The van der Waals surface area contributed by atoms with Crippen LogP contribution in [0, 0.1) is 0 Å². The zero-order valence-corrected chi connectivity index (χ0v) is 14.1. The Morgan fingerprint density at radius 3 is 3.08 bits per heavy atom. The van der Waals surface area contributed by atoms with Crippen LogP contribution in [0.25, 0.3) is 0 Å². The monoisotopic (exact) mass is 340 g/mol. The molecule has 1 aliphatic heterocycles. The molecule has 4 heterocycles. The van der Waals surface area contributed by atoms with E-state index in [4.69, 9.17) is 4.42 Å². The number of amides is 1. The molecule has 0 bridgehead atoms. The number of furan rings is 1. The van der Waals surface area contributed by atoms with Gasteiger partial charge in [0, 0.05) is 38.4 Å². The van der Waals surface area contributed by atoms with Crippen LogP contribution >= 0.6 is 0 Å². The maximum Gasteiger partial charge on any atom is 0.257 e. The second-order valence-electron chi connectivity index (χ2n) is 6.34. The lowest BCUT2D eigenvalue weighted by Gasteiger charge is -2.32. The summed E-state index contributed by atoms with van der Waals surface area (Å²) >= 11 is 0. The fourth-order valence-electron chi connectivity index (χ4n) is 3.35. The number of hydrogen-bond acceptors (Lipinski definition) is 5. The van der Waals surface area contributed by atoms with Gasteiger partial charge in [-0.05, 0) is 25.0 Å². The molecule has 8 heteroatoms. The van der Waals surface area contributed by atoms with Crippen molar-refractivity contribution in [3.8, 4) is 0 Å². The van der Waals surface area contributed by atoms with Crippen LogP contribution in [0.1, 0.15) is 40.8 Å². The van der Waals surface area contributed by atoms with Gasteiger partial charge in [-0.3, -0.25) is 9.48 Å². The number of piperidine rings is 1. The smallest absolute Gasteiger partial charge is 0.257 e. The summed E-state index contributed by atoms with van der Waals surface area (Å²) in [4.78, 5) is 14.4. The van der Waals surface area contributed by atoms with Gasteiger partial charge >= 0.3 is 0 Å². The minimum absolute atomic E-state index is 0.0115. The van der Waals surface area contributed by atoms with E-state index >= 15 is 0 Å². The van der Waals surface area contributed by atoms with E-state index in [2.05, 4.69) is 15.3 Å². The molecule has 1 fully saturated rings. The highest BCUT2D eigenvalue weighted by molar-refractivity contribution is 5.93. The van der Waals surface area contributed by atoms with Crippen LogP contribution in [0.15, 0.2) is 41.5 Å². The molecule has 0 N–H and O–H groups in total. The van der Waals surface area contributed by atoms with Crippen LogP contribution in [0.3, 0.4) is 0 Å². The van der Waals surface area contributed by atoms with Crippen molar-refractivity contribution in [3.05, 3.63) is 54.3 Å². The summed E-state index contributed by atoms with van der Waals surface area (Å²) in [6, 6.07) is 3.59. The molecule has 0 aromatic carbocycles. The first-order chi connectivity index (χ1) is 12.2. The minimum atomic E-state index is 0.0115. The third kappa shape index (κ3) is 3.07. The van der Waals surface area contributed by atoms with E-state index in [1.165, 1.54) is 12.5 Å². The SMILES string of the molecule is Cn1c(Cn2cccn2)nnc1[C@H]1CCCN(C(=O)c2ccoc2)C1. The van der Waals surface area contributed by atoms with Gasteiger partial charge < -0.3 is 13.9 Å². The van der Waals surface area contributed by atoms with Crippen LogP contribution in [0.4, 0.5) is 0 Å². The summed E-state index contributed by atoms with van der Waals surface area (Å²) in [6.45, 7) is 2.00. The van der Waals surface area contributed by atoms with Gasteiger partial charge in [-0.25, -0.2) is 0 Å². The summed E-state index contributed by atoms with van der Waals surface area (Å²) in [5.41, 5.74) is 0.595. The van der Waals surface area contributed by atoms with Crippen molar-refractivity contribution in [2.75, 3.05) is 13.1 Å². The highest BCUT2D eigenvalue weighted by Gasteiger charge is 2.29. The highest BCUT2D eigenvalue weighted by Crippen LogP contribution is 2.27. The van der Waals surface area contributed by atoms with E-state index in [9.17, 15) is 4.79 Å². The molecule has 1 aliphatic rings. The third-order valence-electron chi connectivity index (χ3n) is 4.70. The maximum absolute atomic E-state index is 12.6. The fraction of sp³-hybridized carbons (Fsp3) is 0.412. The minimum Gasteiger partial charge on any atom is -0.472 e. The molecule has 8 nitrogen and oxygen atoms in total. The Labute approximate surface area is 145 Å². The maximum atomic E-state index is 12.6. The zero-order valence-electron chi connectivity index (χ0n) is 14.1. The van der Waals surface area contributed by atoms with Crippen LogP contribution in [0.2, 0.25) is 0 Å². The molecule has 1 saturated heterocycles. The Morgan fingerprint density at radius 2 is 2.32 bits per heavy atom.